The van der Waals surface area contributed by atoms with Crippen LogP contribution in [0.5, 0.6) is 0 Å². The van der Waals surface area contributed by atoms with Crippen molar-refractivity contribution in [1.82, 2.24) is 10.2 Å². The molecule has 0 radical (unpaired) electrons. The lowest BCUT2D eigenvalue weighted by Crippen LogP contribution is -2.48. The van der Waals surface area contributed by atoms with E-state index >= 15 is 0 Å². The highest BCUT2D eigenvalue weighted by molar-refractivity contribution is 7.80. The first-order valence-electron chi connectivity index (χ1n) is 7.88. The molecule has 0 spiro atoms. The smallest absolute Gasteiger partial charge is 0.362 e. The predicted octanol–water partition coefficient (Wildman–Crippen LogP) is 4.35. The topological polar surface area (TPSA) is 27.3 Å². The zero-order valence-corrected chi connectivity index (χ0v) is 14.9. The van der Waals surface area contributed by atoms with E-state index in [-0.39, 0.29) is 16.9 Å². The summed E-state index contributed by atoms with van der Waals surface area (Å²) in [5.74, 6) is 0.331. The lowest BCUT2D eigenvalue weighted by molar-refractivity contribution is -0.143. The Morgan fingerprint density at radius 3 is 1.96 bits per heavy atom. The normalized spacial score (nSPS) is 20.7. The van der Waals surface area contributed by atoms with Crippen molar-refractivity contribution >= 4 is 23.0 Å². The number of benzene rings is 1. The average Bonchev–Trinajstić information content (AvgIpc) is 2.43. The van der Waals surface area contributed by atoms with Gasteiger partial charge in [-0.2, -0.15) is 26.3 Å². The van der Waals surface area contributed by atoms with E-state index in [9.17, 15) is 26.3 Å². The Morgan fingerprint density at radius 2 is 1.58 bits per heavy atom. The molecule has 1 aliphatic rings. The van der Waals surface area contributed by atoms with Gasteiger partial charge in [-0.05, 0) is 63.3 Å². The minimum atomic E-state index is -4.89. The maximum absolute atomic E-state index is 12.9. The average molecular weight is 399 g/mol. The Bertz CT molecular complexity index is 624. The highest BCUT2D eigenvalue weighted by Crippen LogP contribution is 2.37. The summed E-state index contributed by atoms with van der Waals surface area (Å²) in [6.07, 6.45) is -7.75. The van der Waals surface area contributed by atoms with Gasteiger partial charge in [0.05, 0.1) is 11.1 Å². The number of alkyl halides is 6. The molecule has 0 heterocycles. The van der Waals surface area contributed by atoms with E-state index in [1.807, 2.05) is 14.1 Å². The van der Waals surface area contributed by atoms with Crippen LogP contribution in [0.2, 0.25) is 0 Å². The van der Waals surface area contributed by atoms with Crippen LogP contribution in [0, 0.1) is 5.92 Å². The third-order valence-corrected chi connectivity index (χ3v) is 4.66. The maximum Gasteiger partial charge on any atom is 0.416 e. The zero-order valence-electron chi connectivity index (χ0n) is 14.1. The molecule has 0 aromatic heterocycles. The minimum absolute atomic E-state index is 0.0122. The Hall–Kier alpha value is -1.55. The van der Waals surface area contributed by atoms with Crippen LogP contribution in [0.3, 0.4) is 0 Å². The van der Waals surface area contributed by atoms with E-state index in [0.717, 1.165) is 12.8 Å². The van der Waals surface area contributed by atoms with Crippen LogP contribution < -0.4 is 10.6 Å². The van der Waals surface area contributed by atoms with Crippen molar-refractivity contribution in [1.29, 1.82) is 0 Å². The molecule has 0 bridgehead atoms. The van der Waals surface area contributed by atoms with Crippen LogP contribution in [0.15, 0.2) is 18.2 Å². The number of nitrogens with one attached hydrogen (secondary N) is 2. The van der Waals surface area contributed by atoms with Gasteiger partial charge >= 0.3 is 12.4 Å². The summed E-state index contributed by atoms with van der Waals surface area (Å²) in [5, 5.41) is 5.27. The second-order valence-corrected chi connectivity index (χ2v) is 6.91. The van der Waals surface area contributed by atoms with Crippen LogP contribution in [0.4, 0.5) is 32.0 Å². The highest BCUT2D eigenvalue weighted by Gasteiger charge is 2.37. The Balaban J connectivity index is 2.07. The lowest BCUT2D eigenvalue weighted by Gasteiger charge is -2.41. The third kappa shape index (κ3) is 5.23. The van der Waals surface area contributed by atoms with Gasteiger partial charge in [0.25, 0.3) is 0 Å². The minimum Gasteiger partial charge on any atom is -0.362 e. The van der Waals surface area contributed by atoms with E-state index in [1.165, 1.54) is 0 Å². The van der Waals surface area contributed by atoms with Crippen molar-refractivity contribution in [3.05, 3.63) is 29.3 Å². The Kier molecular flexibility index (Phi) is 6.06. The van der Waals surface area contributed by atoms with E-state index in [2.05, 4.69) is 15.5 Å². The molecule has 2 N–H and O–H groups in total. The van der Waals surface area contributed by atoms with Gasteiger partial charge in [0, 0.05) is 18.3 Å². The number of halogens is 6. The third-order valence-electron chi connectivity index (χ3n) is 4.41. The summed E-state index contributed by atoms with van der Waals surface area (Å²) in [5.41, 5.74) is -3.13. The number of anilines is 1. The number of thiocarbonyl (C=S) groups is 1. The largest absolute Gasteiger partial charge is 0.416 e. The second-order valence-electron chi connectivity index (χ2n) is 6.50. The van der Waals surface area contributed by atoms with Crippen molar-refractivity contribution in [2.75, 3.05) is 26.0 Å². The Labute approximate surface area is 152 Å². The first-order chi connectivity index (χ1) is 11.9. The standard InChI is InChI=1S/C16H19F6N3S/c1-25(2)13-4-3-9(13)8-23-14(26)24-12-6-10(15(17,18)19)5-11(7-12)16(20,21)22/h5-7,9,13H,3-4,8H2,1-2H3,(H2,23,24,26)/t9-,13+/m1/s1. The van der Waals surface area contributed by atoms with Gasteiger partial charge < -0.3 is 15.5 Å². The number of rotatable bonds is 4. The molecule has 2 atom stereocenters. The SMILES string of the molecule is CN(C)[C@H]1CC[C@@H]1CNC(=S)Nc1cc(C(F)(F)F)cc(C(F)(F)F)c1. The molecular weight excluding hydrogens is 380 g/mol. The Morgan fingerprint density at radius 1 is 1.04 bits per heavy atom. The van der Waals surface area contributed by atoms with Crippen molar-refractivity contribution in [2.24, 2.45) is 5.92 Å². The van der Waals surface area contributed by atoms with Gasteiger partial charge in [0.1, 0.15) is 0 Å². The van der Waals surface area contributed by atoms with E-state index in [0.29, 0.717) is 30.6 Å². The van der Waals surface area contributed by atoms with Crippen molar-refractivity contribution in [3.8, 4) is 0 Å². The summed E-state index contributed by atoms with van der Waals surface area (Å²) in [7, 11) is 3.91. The van der Waals surface area contributed by atoms with Crippen molar-refractivity contribution in [2.45, 2.75) is 31.2 Å². The summed E-state index contributed by atoms with van der Waals surface area (Å²) in [4.78, 5) is 2.08. The van der Waals surface area contributed by atoms with E-state index in [1.54, 1.807) is 0 Å². The molecule has 1 aromatic carbocycles. The van der Waals surface area contributed by atoms with Crippen LogP contribution in [0.25, 0.3) is 0 Å². The second kappa shape index (κ2) is 7.59. The first-order valence-corrected chi connectivity index (χ1v) is 8.29. The van der Waals surface area contributed by atoms with Crippen LogP contribution >= 0.6 is 12.2 Å². The van der Waals surface area contributed by atoms with E-state index < -0.39 is 23.5 Å². The fraction of sp³-hybridized carbons (Fsp3) is 0.562. The molecule has 0 unspecified atom stereocenters. The molecule has 26 heavy (non-hydrogen) atoms. The van der Waals surface area contributed by atoms with Gasteiger partial charge in [0.15, 0.2) is 5.11 Å². The highest BCUT2D eigenvalue weighted by atomic mass is 32.1. The molecule has 2 rings (SSSR count). The molecule has 1 aliphatic carbocycles. The molecular formula is C16H19F6N3S. The summed E-state index contributed by atoms with van der Waals surface area (Å²) in [6, 6.07) is 1.68. The van der Waals surface area contributed by atoms with Gasteiger partial charge in [-0.25, -0.2) is 0 Å². The molecule has 1 aromatic rings. The molecule has 1 fully saturated rings. The van der Waals surface area contributed by atoms with E-state index in [4.69, 9.17) is 12.2 Å². The number of nitrogens with zero attached hydrogens (tertiary/aromatic N) is 1. The van der Waals surface area contributed by atoms with Gasteiger partial charge in [-0.15, -0.1) is 0 Å². The molecule has 0 saturated heterocycles. The quantitative estimate of drug-likeness (QED) is 0.582. The molecule has 0 amide bonds. The van der Waals surface area contributed by atoms with Gasteiger partial charge in [-0.3, -0.25) is 0 Å². The predicted molar refractivity (Wildman–Crippen MR) is 90.9 cm³/mol. The monoisotopic (exact) mass is 399 g/mol. The fourth-order valence-corrected chi connectivity index (χ4v) is 3.10. The van der Waals surface area contributed by atoms with Gasteiger partial charge in [-0.1, -0.05) is 0 Å². The summed E-state index contributed by atoms with van der Waals surface area (Å²) < 4.78 is 77.1. The summed E-state index contributed by atoms with van der Waals surface area (Å²) in [6.45, 7) is 0.500. The summed E-state index contributed by atoms with van der Waals surface area (Å²) >= 11 is 5.01. The zero-order chi connectivity index (χ0) is 19.7. The molecule has 10 heteroatoms. The molecule has 146 valence electrons. The maximum atomic E-state index is 12.9. The molecule has 3 nitrogen and oxygen atoms in total. The van der Waals surface area contributed by atoms with Crippen molar-refractivity contribution < 1.29 is 26.3 Å². The number of hydrogen-bond acceptors (Lipinski definition) is 2. The first kappa shape index (κ1) is 20.8. The lowest BCUT2D eigenvalue weighted by atomic mass is 9.79. The fourth-order valence-electron chi connectivity index (χ4n) is 2.90. The molecule has 0 aliphatic heterocycles. The van der Waals surface area contributed by atoms with Crippen molar-refractivity contribution in [3.63, 3.8) is 0 Å². The van der Waals surface area contributed by atoms with Crippen LogP contribution in [0.1, 0.15) is 24.0 Å². The van der Waals surface area contributed by atoms with Crippen LogP contribution in [-0.4, -0.2) is 36.7 Å². The molecule has 1 saturated carbocycles. The van der Waals surface area contributed by atoms with Gasteiger partial charge in [0.2, 0.25) is 0 Å². The van der Waals surface area contributed by atoms with Crippen LogP contribution in [-0.2, 0) is 12.4 Å². The number of hydrogen-bond donors (Lipinski definition) is 2.